The number of halogens is 3. The Balaban J connectivity index is 1.95. The number of phenols is 1. The van der Waals surface area contributed by atoms with Crippen LogP contribution in [0.25, 0.3) is 0 Å². The predicted octanol–water partition coefficient (Wildman–Crippen LogP) is 1.11. The highest BCUT2D eigenvalue weighted by molar-refractivity contribution is 7.89. The van der Waals surface area contributed by atoms with Gasteiger partial charge in [-0.3, -0.25) is 4.79 Å². The molecule has 1 N–H and O–H groups in total. The van der Waals surface area contributed by atoms with Crippen LogP contribution >= 0.6 is 0 Å². The van der Waals surface area contributed by atoms with Gasteiger partial charge in [0.05, 0.1) is 0 Å². The number of aromatic hydroxyl groups is 1. The fraction of sp³-hybridized carbons (Fsp3) is 0.533. The summed E-state index contributed by atoms with van der Waals surface area (Å²) in [6.07, 6.45) is -4.51. The number of ether oxygens (including phenoxy) is 1. The van der Waals surface area contributed by atoms with Gasteiger partial charge in [-0.15, -0.1) is 0 Å². The molecule has 1 aromatic carbocycles. The molecule has 0 saturated carbocycles. The van der Waals surface area contributed by atoms with Gasteiger partial charge in [0, 0.05) is 26.2 Å². The van der Waals surface area contributed by atoms with Gasteiger partial charge in [0.25, 0.3) is 0 Å². The van der Waals surface area contributed by atoms with Crippen molar-refractivity contribution in [2.45, 2.75) is 18.0 Å². The van der Waals surface area contributed by atoms with Crippen LogP contribution in [0, 0.1) is 6.92 Å². The Bertz CT molecular complexity index is 759. The van der Waals surface area contributed by atoms with Crippen molar-refractivity contribution in [3.05, 3.63) is 23.8 Å². The summed E-state index contributed by atoms with van der Waals surface area (Å²) in [5.41, 5.74) is 0.664. The second kappa shape index (κ2) is 7.80. The number of piperazine rings is 1. The minimum atomic E-state index is -4.51. The zero-order valence-corrected chi connectivity index (χ0v) is 14.8. The van der Waals surface area contributed by atoms with E-state index in [9.17, 15) is 31.5 Å². The number of aryl methyl sites for hydroxylation is 1. The van der Waals surface area contributed by atoms with Crippen LogP contribution in [-0.2, 0) is 19.6 Å². The Kier molecular flexibility index (Phi) is 6.14. The van der Waals surface area contributed by atoms with Crippen LogP contribution in [0.15, 0.2) is 23.1 Å². The lowest BCUT2D eigenvalue weighted by molar-refractivity contribution is -0.178. The summed E-state index contributed by atoms with van der Waals surface area (Å²) in [6, 6.07) is 4.22. The van der Waals surface area contributed by atoms with Crippen molar-refractivity contribution in [1.29, 1.82) is 0 Å². The maximum absolute atomic E-state index is 12.6. The van der Waals surface area contributed by atoms with Crippen LogP contribution in [0.5, 0.6) is 5.75 Å². The van der Waals surface area contributed by atoms with Gasteiger partial charge in [-0.2, -0.15) is 17.5 Å². The summed E-state index contributed by atoms with van der Waals surface area (Å²) in [6.45, 7) is -0.540. The van der Waals surface area contributed by atoms with Crippen molar-refractivity contribution in [3.8, 4) is 5.75 Å². The highest BCUT2D eigenvalue weighted by Gasteiger charge is 2.32. The van der Waals surface area contributed by atoms with E-state index < -0.39 is 35.3 Å². The van der Waals surface area contributed by atoms with Crippen LogP contribution in [-0.4, -0.2) is 74.2 Å². The number of carbonyl (C=O) groups excluding carboxylic acids is 1. The number of hydrogen-bond donors (Lipinski definition) is 1. The number of hydrogen-bond acceptors (Lipinski definition) is 5. The lowest BCUT2D eigenvalue weighted by Crippen LogP contribution is -2.51. The normalized spacial score (nSPS) is 16.7. The van der Waals surface area contributed by atoms with E-state index in [0.717, 1.165) is 4.31 Å². The zero-order valence-electron chi connectivity index (χ0n) is 14.0. The molecule has 26 heavy (non-hydrogen) atoms. The number of phenolic OH excluding ortho intramolecular Hbond substituents is 1. The summed E-state index contributed by atoms with van der Waals surface area (Å²) in [4.78, 5) is 12.9. The van der Waals surface area contributed by atoms with E-state index in [1.807, 2.05) is 0 Å². The first-order valence-electron chi connectivity index (χ1n) is 7.73. The molecule has 0 aromatic heterocycles. The fourth-order valence-corrected chi connectivity index (χ4v) is 4.08. The van der Waals surface area contributed by atoms with E-state index in [1.165, 1.54) is 17.0 Å². The average Bonchev–Trinajstić information content (AvgIpc) is 2.56. The number of carbonyl (C=O) groups is 1. The van der Waals surface area contributed by atoms with Crippen molar-refractivity contribution in [3.63, 3.8) is 0 Å². The Hall–Kier alpha value is -1.85. The molecule has 146 valence electrons. The third-order valence-electron chi connectivity index (χ3n) is 3.82. The average molecular weight is 396 g/mol. The second-order valence-electron chi connectivity index (χ2n) is 5.86. The molecule has 1 saturated heterocycles. The summed E-state index contributed by atoms with van der Waals surface area (Å²) in [5.74, 6) is -1.00. The minimum absolute atomic E-state index is 0.0271. The highest BCUT2D eigenvalue weighted by atomic mass is 32.2. The highest BCUT2D eigenvalue weighted by Crippen LogP contribution is 2.27. The van der Waals surface area contributed by atoms with Crippen molar-refractivity contribution in [1.82, 2.24) is 9.21 Å². The van der Waals surface area contributed by atoms with Gasteiger partial charge in [-0.1, -0.05) is 6.07 Å². The third kappa shape index (κ3) is 5.08. The predicted molar refractivity (Wildman–Crippen MR) is 85.1 cm³/mol. The van der Waals surface area contributed by atoms with Crippen LogP contribution in [0.3, 0.4) is 0 Å². The maximum atomic E-state index is 12.6. The van der Waals surface area contributed by atoms with Crippen LogP contribution in [0.1, 0.15) is 5.56 Å². The number of alkyl halides is 3. The molecule has 1 heterocycles. The molecule has 0 aliphatic carbocycles. The molecule has 0 spiro atoms. The number of amides is 1. The summed E-state index contributed by atoms with van der Waals surface area (Å²) >= 11 is 0. The number of benzene rings is 1. The number of sulfonamides is 1. The molecular weight excluding hydrogens is 377 g/mol. The molecule has 1 aliphatic rings. The van der Waals surface area contributed by atoms with Crippen molar-refractivity contribution < 1.29 is 36.2 Å². The molecule has 0 unspecified atom stereocenters. The Morgan fingerprint density at radius 2 is 1.85 bits per heavy atom. The van der Waals surface area contributed by atoms with E-state index >= 15 is 0 Å². The third-order valence-corrected chi connectivity index (χ3v) is 5.74. The molecule has 0 bridgehead atoms. The first kappa shape index (κ1) is 20.5. The second-order valence-corrected chi connectivity index (χ2v) is 7.77. The summed E-state index contributed by atoms with van der Waals surface area (Å²) in [7, 11) is -3.94. The lowest BCUT2D eigenvalue weighted by Gasteiger charge is -2.34. The van der Waals surface area contributed by atoms with Crippen molar-refractivity contribution >= 4 is 15.9 Å². The van der Waals surface area contributed by atoms with Crippen LogP contribution < -0.4 is 0 Å². The van der Waals surface area contributed by atoms with Gasteiger partial charge >= 0.3 is 6.18 Å². The standard InChI is InChI=1S/C15H19F3N2O5S/c1-11-2-3-12(21)13(8-11)26(23,24)20-6-4-19(5-7-20)14(22)9-25-10-15(16,17)18/h2-3,8,21H,4-7,9-10H2,1H3. The summed E-state index contributed by atoms with van der Waals surface area (Å²) < 4.78 is 66.7. The van der Waals surface area contributed by atoms with E-state index in [0.29, 0.717) is 5.56 Å². The Labute approximate surface area is 149 Å². The van der Waals surface area contributed by atoms with E-state index in [-0.39, 0.29) is 36.8 Å². The molecule has 1 aliphatic heterocycles. The lowest BCUT2D eigenvalue weighted by atomic mass is 10.2. The molecule has 0 atom stereocenters. The number of rotatable bonds is 5. The molecule has 1 aromatic rings. The molecule has 1 amide bonds. The molecule has 0 radical (unpaired) electrons. The van der Waals surface area contributed by atoms with Gasteiger partial charge in [-0.05, 0) is 24.6 Å². The topological polar surface area (TPSA) is 87.2 Å². The van der Waals surface area contributed by atoms with E-state index in [4.69, 9.17) is 0 Å². The van der Waals surface area contributed by atoms with E-state index in [2.05, 4.69) is 4.74 Å². The van der Waals surface area contributed by atoms with Crippen LogP contribution in [0.4, 0.5) is 13.2 Å². The van der Waals surface area contributed by atoms with Crippen LogP contribution in [0.2, 0.25) is 0 Å². The molecular formula is C15H19F3N2O5S. The van der Waals surface area contributed by atoms with Gasteiger partial charge in [0.15, 0.2) is 0 Å². The number of nitrogens with zero attached hydrogens (tertiary/aromatic N) is 2. The Morgan fingerprint density at radius 1 is 1.23 bits per heavy atom. The quantitative estimate of drug-likeness (QED) is 0.806. The van der Waals surface area contributed by atoms with Gasteiger partial charge in [-0.25, -0.2) is 8.42 Å². The molecule has 7 nitrogen and oxygen atoms in total. The first-order chi connectivity index (χ1) is 12.0. The molecule has 11 heteroatoms. The summed E-state index contributed by atoms with van der Waals surface area (Å²) in [5, 5.41) is 9.83. The molecule has 1 fully saturated rings. The largest absolute Gasteiger partial charge is 0.507 e. The van der Waals surface area contributed by atoms with Gasteiger partial charge < -0.3 is 14.7 Å². The minimum Gasteiger partial charge on any atom is -0.507 e. The van der Waals surface area contributed by atoms with Crippen molar-refractivity contribution in [2.24, 2.45) is 0 Å². The molecule has 2 rings (SSSR count). The first-order valence-corrected chi connectivity index (χ1v) is 9.17. The monoisotopic (exact) mass is 396 g/mol. The Morgan fingerprint density at radius 3 is 2.42 bits per heavy atom. The van der Waals surface area contributed by atoms with Gasteiger partial charge in [0.1, 0.15) is 23.9 Å². The maximum Gasteiger partial charge on any atom is 0.411 e. The SMILES string of the molecule is Cc1ccc(O)c(S(=O)(=O)N2CCN(C(=O)COCC(F)(F)F)CC2)c1. The fourth-order valence-electron chi connectivity index (χ4n) is 2.49. The van der Waals surface area contributed by atoms with Gasteiger partial charge in [0.2, 0.25) is 15.9 Å². The zero-order chi connectivity index (χ0) is 19.5. The van der Waals surface area contributed by atoms with E-state index in [1.54, 1.807) is 13.0 Å². The van der Waals surface area contributed by atoms with Crippen molar-refractivity contribution in [2.75, 3.05) is 39.4 Å². The smallest absolute Gasteiger partial charge is 0.411 e.